The zero-order chi connectivity index (χ0) is 18.9. The predicted octanol–water partition coefficient (Wildman–Crippen LogP) is 3.27. The molecule has 0 radical (unpaired) electrons. The molecule has 0 heterocycles. The number of hydrogen-bond acceptors (Lipinski definition) is 4. The van der Waals surface area contributed by atoms with E-state index in [9.17, 15) is 20.2 Å². The second kappa shape index (κ2) is 6.73. The summed E-state index contributed by atoms with van der Waals surface area (Å²) in [5, 5.41) is 21.8. The summed E-state index contributed by atoms with van der Waals surface area (Å²) in [6.45, 7) is 0. The summed E-state index contributed by atoms with van der Waals surface area (Å²) < 4.78 is 0.584. The first-order valence-corrected chi connectivity index (χ1v) is 8.59. The highest BCUT2D eigenvalue weighted by Crippen LogP contribution is 2.52. The smallest absolute Gasteiger partial charge is 0.247 e. The average molecular weight is 412 g/mol. The summed E-state index contributed by atoms with van der Waals surface area (Å²) >= 11 is 3.38. The van der Waals surface area contributed by atoms with E-state index in [1.165, 1.54) is 6.08 Å². The number of nitrogens with zero attached hydrogens (tertiary/aromatic N) is 2. The van der Waals surface area contributed by atoms with Gasteiger partial charge in [0.2, 0.25) is 11.9 Å². The van der Waals surface area contributed by atoms with Crippen LogP contribution in [0.3, 0.4) is 0 Å². The van der Waals surface area contributed by atoms with Gasteiger partial charge in [0.05, 0.1) is 12.0 Å². The maximum Gasteiger partial charge on any atom is 0.247 e. The highest BCUT2D eigenvalue weighted by molar-refractivity contribution is 9.10. The maximum atomic E-state index is 12.3. The highest BCUT2D eigenvalue weighted by Gasteiger charge is 2.59. The number of rotatable bonds is 4. The number of carbonyl (C=O) groups is 1. The van der Waals surface area contributed by atoms with Gasteiger partial charge in [0, 0.05) is 15.0 Å². The molecule has 0 aromatic heterocycles. The molecule has 0 fully saturated rings. The third-order valence-electron chi connectivity index (χ3n) is 4.68. The lowest BCUT2D eigenvalue weighted by molar-refractivity contribution is -0.510. The van der Waals surface area contributed by atoms with Crippen LogP contribution < -0.4 is 5.73 Å². The SMILES string of the molecule is N#CC1(C(N)=O)C=C(c2ccccc2)C([N+](=O)[O-])C1c1ccccc1Br. The first-order chi connectivity index (χ1) is 12.4. The van der Waals surface area contributed by atoms with E-state index in [0.717, 1.165) is 0 Å². The lowest BCUT2D eigenvalue weighted by Crippen LogP contribution is -2.42. The molecule has 6 nitrogen and oxygen atoms in total. The van der Waals surface area contributed by atoms with E-state index in [-0.39, 0.29) is 0 Å². The van der Waals surface area contributed by atoms with Gasteiger partial charge in [-0.05, 0) is 23.3 Å². The molecule has 0 aliphatic heterocycles. The summed E-state index contributed by atoms with van der Waals surface area (Å²) in [6, 6.07) is 16.3. The summed E-state index contributed by atoms with van der Waals surface area (Å²) in [5.41, 5.74) is 5.17. The number of nitrogens with two attached hydrogens (primary N) is 1. The molecule has 0 spiro atoms. The molecule has 130 valence electrons. The molecule has 2 aromatic carbocycles. The van der Waals surface area contributed by atoms with E-state index in [0.29, 0.717) is 21.2 Å². The topological polar surface area (TPSA) is 110 Å². The van der Waals surface area contributed by atoms with Crippen molar-refractivity contribution in [3.05, 3.63) is 86.4 Å². The molecule has 0 bridgehead atoms. The number of nitro groups is 1. The molecule has 0 saturated heterocycles. The minimum atomic E-state index is -1.81. The van der Waals surface area contributed by atoms with Crippen LogP contribution in [0.4, 0.5) is 0 Å². The number of carbonyl (C=O) groups excluding carboxylic acids is 1. The third kappa shape index (κ3) is 2.68. The fourth-order valence-electron chi connectivity index (χ4n) is 3.49. The molecule has 3 atom stereocenters. The van der Waals surface area contributed by atoms with Gasteiger partial charge in [0.25, 0.3) is 0 Å². The summed E-state index contributed by atoms with van der Waals surface area (Å²) in [4.78, 5) is 23.9. The second-order valence-corrected chi connectivity index (χ2v) is 6.89. The Morgan fingerprint density at radius 3 is 2.35 bits per heavy atom. The zero-order valence-corrected chi connectivity index (χ0v) is 15.1. The molecular formula is C19H14BrN3O3. The number of halogens is 1. The minimum absolute atomic E-state index is 0.316. The van der Waals surface area contributed by atoms with Crippen molar-refractivity contribution in [2.75, 3.05) is 0 Å². The number of hydrogen-bond donors (Lipinski definition) is 1. The first kappa shape index (κ1) is 17.8. The van der Waals surface area contributed by atoms with Crippen molar-refractivity contribution in [3.63, 3.8) is 0 Å². The lowest BCUT2D eigenvalue weighted by Gasteiger charge is -2.26. The van der Waals surface area contributed by atoms with Crippen molar-refractivity contribution >= 4 is 27.4 Å². The van der Waals surface area contributed by atoms with Crippen molar-refractivity contribution in [1.82, 2.24) is 0 Å². The van der Waals surface area contributed by atoms with Crippen LogP contribution >= 0.6 is 15.9 Å². The first-order valence-electron chi connectivity index (χ1n) is 7.79. The molecule has 1 aliphatic carbocycles. The van der Waals surface area contributed by atoms with E-state index in [4.69, 9.17) is 5.73 Å². The van der Waals surface area contributed by atoms with Crippen molar-refractivity contribution in [2.45, 2.75) is 12.0 Å². The zero-order valence-electron chi connectivity index (χ0n) is 13.5. The monoisotopic (exact) mass is 411 g/mol. The lowest BCUT2D eigenvalue weighted by atomic mass is 9.73. The Morgan fingerprint density at radius 1 is 1.19 bits per heavy atom. The van der Waals surface area contributed by atoms with Crippen molar-refractivity contribution < 1.29 is 9.72 Å². The van der Waals surface area contributed by atoms with E-state index >= 15 is 0 Å². The van der Waals surface area contributed by atoms with Crippen LogP contribution in [-0.4, -0.2) is 16.9 Å². The van der Waals surface area contributed by atoms with Gasteiger partial charge in [0.1, 0.15) is 0 Å². The van der Waals surface area contributed by atoms with Gasteiger partial charge >= 0.3 is 0 Å². The molecule has 2 N–H and O–H groups in total. The number of nitriles is 1. The molecule has 1 aliphatic rings. The summed E-state index contributed by atoms with van der Waals surface area (Å²) in [6.07, 6.45) is 1.36. The van der Waals surface area contributed by atoms with E-state index < -0.39 is 28.2 Å². The predicted molar refractivity (Wildman–Crippen MR) is 99.3 cm³/mol. The Hall–Kier alpha value is -2.98. The minimum Gasteiger partial charge on any atom is -0.368 e. The van der Waals surface area contributed by atoms with Crippen LogP contribution in [0.25, 0.3) is 5.57 Å². The quantitative estimate of drug-likeness (QED) is 0.614. The Morgan fingerprint density at radius 2 is 1.81 bits per heavy atom. The standard InChI is InChI=1S/C19H14BrN3O3/c20-15-9-5-4-8-13(15)16-17(23(25)26)14(12-6-2-1-3-7-12)10-19(16,11-21)18(22)24/h1-10,16-17H,(H2,22,24). The van der Waals surface area contributed by atoms with Crippen LogP contribution in [-0.2, 0) is 4.79 Å². The average Bonchev–Trinajstić information content (AvgIpc) is 2.99. The fourth-order valence-corrected chi connectivity index (χ4v) is 4.02. The molecular weight excluding hydrogens is 398 g/mol. The molecule has 1 amide bonds. The normalized spacial score (nSPS) is 24.5. The number of amides is 1. The Labute approximate surface area is 158 Å². The van der Waals surface area contributed by atoms with Gasteiger partial charge < -0.3 is 5.73 Å². The van der Waals surface area contributed by atoms with Crippen molar-refractivity contribution in [2.24, 2.45) is 11.1 Å². The van der Waals surface area contributed by atoms with Crippen LogP contribution in [0.15, 0.2) is 65.1 Å². The molecule has 0 saturated carbocycles. The number of benzene rings is 2. The summed E-state index contributed by atoms with van der Waals surface area (Å²) in [5.74, 6) is -1.94. The van der Waals surface area contributed by atoms with Crippen molar-refractivity contribution in [3.8, 4) is 6.07 Å². The largest absolute Gasteiger partial charge is 0.368 e. The van der Waals surface area contributed by atoms with Crippen LogP contribution in [0.1, 0.15) is 17.0 Å². The van der Waals surface area contributed by atoms with Gasteiger partial charge in [-0.15, -0.1) is 0 Å². The summed E-state index contributed by atoms with van der Waals surface area (Å²) in [7, 11) is 0. The van der Waals surface area contributed by atoms with Crippen LogP contribution in [0.5, 0.6) is 0 Å². The van der Waals surface area contributed by atoms with Crippen LogP contribution in [0.2, 0.25) is 0 Å². The highest BCUT2D eigenvalue weighted by atomic mass is 79.9. The fraction of sp³-hybridized carbons (Fsp3) is 0.158. The molecule has 3 unspecified atom stereocenters. The second-order valence-electron chi connectivity index (χ2n) is 6.04. The Balaban J connectivity index is 2.31. The number of primary amides is 1. The molecule has 7 heteroatoms. The molecule has 2 aromatic rings. The van der Waals surface area contributed by atoms with Gasteiger partial charge in [-0.3, -0.25) is 14.9 Å². The molecule has 26 heavy (non-hydrogen) atoms. The van der Waals surface area contributed by atoms with E-state index in [1.807, 2.05) is 6.07 Å². The van der Waals surface area contributed by atoms with Gasteiger partial charge in [0.15, 0.2) is 5.41 Å². The van der Waals surface area contributed by atoms with Gasteiger partial charge in [-0.25, -0.2) is 0 Å². The van der Waals surface area contributed by atoms with Gasteiger partial charge in [-0.1, -0.05) is 64.5 Å². The van der Waals surface area contributed by atoms with Gasteiger partial charge in [-0.2, -0.15) is 5.26 Å². The van der Waals surface area contributed by atoms with E-state index in [2.05, 4.69) is 15.9 Å². The van der Waals surface area contributed by atoms with Crippen LogP contribution in [0, 0.1) is 26.9 Å². The Kier molecular flexibility index (Phi) is 4.62. The molecule has 3 rings (SSSR count). The van der Waals surface area contributed by atoms with E-state index in [1.54, 1.807) is 54.6 Å². The third-order valence-corrected chi connectivity index (χ3v) is 5.40. The maximum absolute atomic E-state index is 12.3. The Bertz CT molecular complexity index is 952. The van der Waals surface area contributed by atoms with Crippen molar-refractivity contribution in [1.29, 1.82) is 5.26 Å².